The Labute approximate surface area is 145 Å². The molecule has 2 aliphatic rings. The quantitative estimate of drug-likeness (QED) is 0.859. The van der Waals surface area contributed by atoms with Crippen LogP contribution in [0.15, 0.2) is 35.8 Å². The molecule has 0 N–H and O–H groups in total. The van der Waals surface area contributed by atoms with Crippen molar-refractivity contribution in [2.45, 2.75) is 25.5 Å². The van der Waals surface area contributed by atoms with Gasteiger partial charge in [-0.3, -0.25) is 9.69 Å². The number of para-hydroxylation sites is 1. The lowest BCUT2D eigenvalue weighted by atomic mass is 10.1. The van der Waals surface area contributed by atoms with Gasteiger partial charge in [0, 0.05) is 36.9 Å². The maximum Gasteiger partial charge on any atom is 0.244 e. The molecule has 126 valence electrons. The largest absolute Gasteiger partial charge is 0.368 e. The summed E-state index contributed by atoms with van der Waals surface area (Å²) >= 11 is 1.61. The molecular weight excluding hydrogens is 322 g/mol. The van der Waals surface area contributed by atoms with E-state index < -0.39 is 0 Å². The highest BCUT2D eigenvalue weighted by Gasteiger charge is 2.34. The first kappa shape index (κ1) is 15.7. The van der Waals surface area contributed by atoms with E-state index in [0.29, 0.717) is 6.61 Å². The van der Waals surface area contributed by atoms with Crippen molar-refractivity contribution in [3.8, 4) is 0 Å². The Morgan fingerprint density at radius 3 is 3.08 bits per heavy atom. The molecule has 2 aromatic rings. The van der Waals surface area contributed by atoms with E-state index in [0.717, 1.165) is 36.8 Å². The number of hydrogen-bond donors (Lipinski definition) is 0. The number of morpholine rings is 1. The number of carbonyl (C=O) groups is 1. The van der Waals surface area contributed by atoms with Gasteiger partial charge in [-0.1, -0.05) is 18.2 Å². The van der Waals surface area contributed by atoms with Crippen LogP contribution < -0.4 is 4.90 Å². The minimum absolute atomic E-state index is 0.0279. The molecule has 1 saturated heterocycles. The second-order valence-electron chi connectivity index (χ2n) is 6.27. The zero-order chi connectivity index (χ0) is 16.5. The molecule has 0 saturated carbocycles. The van der Waals surface area contributed by atoms with Gasteiger partial charge in [0.05, 0.1) is 12.6 Å². The predicted molar refractivity (Wildman–Crippen MR) is 94.3 cm³/mol. The van der Waals surface area contributed by atoms with Crippen LogP contribution in [-0.2, 0) is 16.0 Å². The molecule has 2 atom stereocenters. The summed E-state index contributed by atoms with van der Waals surface area (Å²) < 4.78 is 5.85. The van der Waals surface area contributed by atoms with Gasteiger partial charge in [0.1, 0.15) is 11.1 Å². The summed E-state index contributed by atoms with van der Waals surface area (Å²) in [6, 6.07) is 8.05. The molecule has 0 aliphatic carbocycles. The molecule has 3 heterocycles. The van der Waals surface area contributed by atoms with Gasteiger partial charge < -0.3 is 9.64 Å². The fourth-order valence-electron chi connectivity index (χ4n) is 3.51. The first-order valence-corrected chi connectivity index (χ1v) is 9.26. The molecule has 1 aromatic heterocycles. The first-order valence-electron chi connectivity index (χ1n) is 8.38. The molecule has 0 bridgehead atoms. The van der Waals surface area contributed by atoms with E-state index in [1.807, 2.05) is 35.4 Å². The number of rotatable bonds is 3. The molecule has 0 spiro atoms. The van der Waals surface area contributed by atoms with Crippen LogP contribution in [0.3, 0.4) is 0 Å². The first-order chi connectivity index (χ1) is 11.7. The molecule has 24 heavy (non-hydrogen) atoms. The SMILES string of the molecule is C[C@H](C(=O)N1CCc2ccccc21)N1CCO[C@H](c2nccs2)C1. The second-order valence-corrected chi connectivity index (χ2v) is 7.20. The maximum atomic E-state index is 13.0. The number of fused-ring (bicyclic) bond motifs is 1. The van der Waals surface area contributed by atoms with Crippen LogP contribution in [0.5, 0.6) is 0 Å². The Bertz CT molecular complexity index is 719. The maximum absolute atomic E-state index is 13.0. The summed E-state index contributed by atoms with van der Waals surface area (Å²) in [6.07, 6.45) is 2.72. The number of aromatic nitrogens is 1. The van der Waals surface area contributed by atoms with Gasteiger partial charge in [0.25, 0.3) is 0 Å². The molecule has 0 unspecified atom stereocenters. The summed E-state index contributed by atoms with van der Waals surface area (Å²) in [7, 11) is 0. The molecule has 0 radical (unpaired) electrons. The summed E-state index contributed by atoms with van der Waals surface area (Å²) in [5.41, 5.74) is 2.33. The lowest BCUT2D eigenvalue weighted by Gasteiger charge is -2.36. The normalized spacial score (nSPS) is 22.4. The zero-order valence-corrected chi connectivity index (χ0v) is 14.5. The number of nitrogens with zero attached hydrogens (tertiary/aromatic N) is 3. The highest BCUT2D eigenvalue weighted by Crippen LogP contribution is 2.30. The summed E-state index contributed by atoms with van der Waals surface area (Å²) in [5, 5.41) is 2.96. The number of amides is 1. The van der Waals surface area contributed by atoms with E-state index in [4.69, 9.17) is 4.74 Å². The van der Waals surface area contributed by atoms with Crippen LogP contribution in [0.1, 0.15) is 23.6 Å². The summed E-state index contributed by atoms with van der Waals surface area (Å²) in [4.78, 5) is 21.5. The van der Waals surface area contributed by atoms with Gasteiger partial charge in [0.2, 0.25) is 5.91 Å². The van der Waals surface area contributed by atoms with Gasteiger partial charge in [-0.15, -0.1) is 11.3 Å². The van der Waals surface area contributed by atoms with Crippen LogP contribution in [0.25, 0.3) is 0 Å². The van der Waals surface area contributed by atoms with Gasteiger partial charge in [-0.05, 0) is 25.0 Å². The van der Waals surface area contributed by atoms with Gasteiger partial charge >= 0.3 is 0 Å². The number of carbonyl (C=O) groups excluding carboxylic acids is 1. The Hall–Kier alpha value is -1.76. The molecule has 6 heteroatoms. The lowest BCUT2D eigenvalue weighted by Crippen LogP contribution is -2.51. The van der Waals surface area contributed by atoms with E-state index in [1.165, 1.54) is 5.56 Å². The molecule has 1 aromatic carbocycles. The molecule has 2 aliphatic heterocycles. The van der Waals surface area contributed by atoms with Crippen LogP contribution in [-0.4, -0.2) is 48.1 Å². The third-order valence-electron chi connectivity index (χ3n) is 4.88. The Balaban J connectivity index is 1.47. The highest BCUT2D eigenvalue weighted by atomic mass is 32.1. The van der Waals surface area contributed by atoms with Gasteiger partial charge in [-0.2, -0.15) is 0 Å². The van der Waals surface area contributed by atoms with Crippen LogP contribution in [0, 0.1) is 0 Å². The van der Waals surface area contributed by atoms with Crippen molar-refractivity contribution in [3.05, 3.63) is 46.4 Å². The Morgan fingerprint density at radius 2 is 2.25 bits per heavy atom. The fourth-order valence-corrected chi connectivity index (χ4v) is 4.19. The smallest absolute Gasteiger partial charge is 0.244 e. The number of hydrogen-bond acceptors (Lipinski definition) is 5. The minimum atomic E-state index is -0.150. The summed E-state index contributed by atoms with van der Waals surface area (Å²) in [6.45, 7) is 4.93. The Kier molecular flexibility index (Phi) is 4.35. The molecule has 5 nitrogen and oxygen atoms in total. The monoisotopic (exact) mass is 343 g/mol. The zero-order valence-electron chi connectivity index (χ0n) is 13.7. The van der Waals surface area contributed by atoms with Crippen molar-refractivity contribution in [1.29, 1.82) is 0 Å². The fraction of sp³-hybridized carbons (Fsp3) is 0.444. The van der Waals surface area contributed by atoms with E-state index in [-0.39, 0.29) is 18.1 Å². The van der Waals surface area contributed by atoms with Crippen molar-refractivity contribution in [3.63, 3.8) is 0 Å². The molecule has 1 fully saturated rings. The average molecular weight is 343 g/mol. The van der Waals surface area contributed by atoms with E-state index >= 15 is 0 Å². The van der Waals surface area contributed by atoms with E-state index in [1.54, 1.807) is 17.5 Å². The van der Waals surface area contributed by atoms with Crippen molar-refractivity contribution in [2.24, 2.45) is 0 Å². The predicted octanol–water partition coefficient (Wildman–Crippen LogP) is 2.49. The third kappa shape index (κ3) is 2.85. The van der Waals surface area contributed by atoms with Crippen molar-refractivity contribution in [1.82, 2.24) is 9.88 Å². The van der Waals surface area contributed by atoms with Crippen LogP contribution in [0.2, 0.25) is 0 Å². The standard InChI is InChI=1S/C18H21N3O2S/c1-13(18(22)21-8-6-14-4-2-3-5-15(14)21)20-9-10-23-16(12-20)17-19-7-11-24-17/h2-5,7,11,13,16H,6,8-10,12H2,1H3/t13-,16+/m1/s1. The molecular formula is C18H21N3O2S. The molecule has 1 amide bonds. The van der Waals surface area contributed by atoms with E-state index in [2.05, 4.69) is 16.0 Å². The number of anilines is 1. The van der Waals surface area contributed by atoms with Gasteiger partial charge in [-0.25, -0.2) is 4.98 Å². The topological polar surface area (TPSA) is 45.7 Å². The van der Waals surface area contributed by atoms with Crippen LogP contribution >= 0.6 is 11.3 Å². The molecule has 4 rings (SSSR count). The van der Waals surface area contributed by atoms with Crippen LogP contribution in [0.4, 0.5) is 5.69 Å². The Morgan fingerprint density at radius 1 is 1.38 bits per heavy atom. The number of ether oxygens (including phenoxy) is 1. The second kappa shape index (κ2) is 6.63. The van der Waals surface area contributed by atoms with Crippen molar-refractivity contribution < 1.29 is 9.53 Å². The third-order valence-corrected chi connectivity index (χ3v) is 5.75. The average Bonchev–Trinajstić information content (AvgIpc) is 3.30. The highest BCUT2D eigenvalue weighted by molar-refractivity contribution is 7.09. The van der Waals surface area contributed by atoms with Gasteiger partial charge in [0.15, 0.2) is 0 Å². The van der Waals surface area contributed by atoms with Crippen molar-refractivity contribution in [2.75, 3.05) is 31.1 Å². The minimum Gasteiger partial charge on any atom is -0.368 e. The number of benzene rings is 1. The van der Waals surface area contributed by atoms with E-state index in [9.17, 15) is 4.79 Å². The lowest BCUT2D eigenvalue weighted by molar-refractivity contribution is -0.126. The summed E-state index contributed by atoms with van der Waals surface area (Å²) in [5.74, 6) is 0.180. The number of thiazole rings is 1. The van der Waals surface area contributed by atoms with Crippen molar-refractivity contribution >= 4 is 22.9 Å².